The summed E-state index contributed by atoms with van der Waals surface area (Å²) in [6.07, 6.45) is 0. The van der Waals surface area contributed by atoms with Gasteiger partial charge < -0.3 is 19.8 Å². The third-order valence-corrected chi connectivity index (χ3v) is 6.38. The molecule has 2 aromatic carbocycles. The van der Waals surface area contributed by atoms with Crippen molar-refractivity contribution in [2.24, 2.45) is 12.0 Å². The highest BCUT2D eigenvalue weighted by atomic mass is 16.6. The molecule has 0 spiro atoms. The molecule has 0 radical (unpaired) electrons. The van der Waals surface area contributed by atoms with Crippen LogP contribution in [-0.2, 0) is 13.6 Å². The van der Waals surface area contributed by atoms with Crippen LogP contribution in [0.4, 0.5) is 11.5 Å². The number of hydrogen-bond donors (Lipinski definition) is 1. The summed E-state index contributed by atoms with van der Waals surface area (Å²) in [5.74, 6) is 2.11. The minimum absolute atomic E-state index is 0.0263. The Morgan fingerprint density at radius 1 is 1.06 bits per heavy atom. The second-order valence-corrected chi connectivity index (χ2v) is 8.63. The van der Waals surface area contributed by atoms with Crippen LogP contribution in [0.2, 0.25) is 0 Å². The number of hydrogen-bond acceptors (Lipinski definition) is 7. The van der Waals surface area contributed by atoms with Gasteiger partial charge in [0, 0.05) is 47.8 Å². The van der Waals surface area contributed by atoms with Gasteiger partial charge in [0.25, 0.3) is 5.69 Å². The van der Waals surface area contributed by atoms with E-state index in [1.54, 1.807) is 25.3 Å². The lowest BCUT2D eigenvalue weighted by atomic mass is 9.93. The first-order chi connectivity index (χ1) is 17.3. The molecular formula is C27H25N5O4. The zero-order chi connectivity index (χ0) is 25.6. The third-order valence-electron chi connectivity index (χ3n) is 6.38. The number of rotatable bonds is 5. The van der Waals surface area contributed by atoms with E-state index >= 15 is 0 Å². The molecular weight excluding hydrogens is 458 g/mol. The molecule has 0 saturated carbocycles. The molecule has 0 aliphatic carbocycles. The fraction of sp³-hybridized carbons (Fsp3) is 0.185. The summed E-state index contributed by atoms with van der Waals surface area (Å²) in [6.45, 7) is 4.27. The number of nitrogen functional groups attached to an aromatic ring is 1. The maximum atomic E-state index is 11.2. The quantitative estimate of drug-likeness (QED) is 0.288. The summed E-state index contributed by atoms with van der Waals surface area (Å²) in [5.41, 5.74) is 13.5. The molecule has 4 aromatic rings. The number of anilines is 1. The van der Waals surface area contributed by atoms with Crippen molar-refractivity contribution in [1.82, 2.24) is 9.55 Å². The number of aliphatic imine (C=N–C) groups is 1. The topological polar surface area (TPSA) is 118 Å². The van der Waals surface area contributed by atoms with Crippen molar-refractivity contribution >= 4 is 17.2 Å². The Balaban J connectivity index is 1.72. The van der Waals surface area contributed by atoms with Crippen molar-refractivity contribution in [3.05, 3.63) is 81.5 Å². The highest BCUT2D eigenvalue weighted by Gasteiger charge is 2.28. The molecule has 0 fully saturated rings. The maximum absolute atomic E-state index is 11.2. The van der Waals surface area contributed by atoms with Gasteiger partial charge in [-0.2, -0.15) is 0 Å². The Morgan fingerprint density at radius 2 is 1.81 bits per heavy atom. The molecule has 0 atom stereocenters. The van der Waals surface area contributed by atoms with Crippen LogP contribution < -0.4 is 15.2 Å². The molecule has 1 aliphatic rings. The van der Waals surface area contributed by atoms with Crippen molar-refractivity contribution in [3.63, 3.8) is 0 Å². The van der Waals surface area contributed by atoms with Gasteiger partial charge >= 0.3 is 0 Å². The van der Waals surface area contributed by atoms with Crippen molar-refractivity contribution in [2.45, 2.75) is 20.4 Å². The monoisotopic (exact) mass is 483 g/mol. The fourth-order valence-electron chi connectivity index (χ4n) is 4.59. The molecule has 0 bridgehead atoms. The summed E-state index contributed by atoms with van der Waals surface area (Å²) in [4.78, 5) is 20.0. The molecule has 0 amide bonds. The number of non-ortho nitro benzene ring substituents is 1. The highest BCUT2D eigenvalue weighted by Crippen LogP contribution is 2.47. The third kappa shape index (κ3) is 3.84. The highest BCUT2D eigenvalue weighted by molar-refractivity contribution is 6.13. The molecule has 2 aromatic heterocycles. The van der Waals surface area contributed by atoms with E-state index in [-0.39, 0.29) is 5.69 Å². The molecule has 0 unspecified atom stereocenters. The van der Waals surface area contributed by atoms with Gasteiger partial charge in [-0.1, -0.05) is 6.07 Å². The lowest BCUT2D eigenvalue weighted by molar-refractivity contribution is -0.384. The number of benzene rings is 2. The van der Waals surface area contributed by atoms with E-state index in [0.717, 1.165) is 44.9 Å². The Kier molecular flexibility index (Phi) is 5.68. The number of aryl methyl sites for hydroxylation is 1. The van der Waals surface area contributed by atoms with E-state index in [4.69, 9.17) is 20.2 Å². The molecule has 3 heterocycles. The Hall–Kier alpha value is -4.66. The van der Waals surface area contributed by atoms with E-state index in [1.807, 2.05) is 49.7 Å². The van der Waals surface area contributed by atoms with E-state index in [9.17, 15) is 10.1 Å². The minimum Gasteiger partial charge on any atom is -0.493 e. The standard InChI is InChI=1S/C27H25N5O4/c1-15-6-5-7-23(30-15)36-22-12-18-14-29-16(2)24-25(20(18)13-21(22)35-4)26(31(3)27(24)28)17-8-10-19(11-9-17)32(33)34/h5-13H,14,28H2,1-4H3. The van der Waals surface area contributed by atoms with Gasteiger partial charge in [0.15, 0.2) is 11.5 Å². The largest absolute Gasteiger partial charge is 0.493 e. The van der Waals surface area contributed by atoms with Crippen LogP contribution in [0.3, 0.4) is 0 Å². The normalized spacial score (nSPS) is 12.3. The number of methoxy groups -OCH3 is 1. The summed E-state index contributed by atoms with van der Waals surface area (Å²) < 4.78 is 13.7. The molecule has 2 N–H and O–H groups in total. The lowest BCUT2D eigenvalue weighted by Gasteiger charge is -2.16. The first-order valence-electron chi connectivity index (χ1n) is 11.4. The smallest absolute Gasteiger partial charge is 0.269 e. The van der Waals surface area contributed by atoms with Crippen molar-refractivity contribution in [3.8, 4) is 39.8 Å². The maximum Gasteiger partial charge on any atom is 0.269 e. The van der Waals surface area contributed by atoms with Crippen molar-refractivity contribution in [2.75, 3.05) is 12.8 Å². The Morgan fingerprint density at radius 3 is 2.47 bits per heavy atom. The lowest BCUT2D eigenvalue weighted by Crippen LogP contribution is -2.03. The summed E-state index contributed by atoms with van der Waals surface area (Å²) in [7, 11) is 3.47. The van der Waals surface area contributed by atoms with E-state index in [0.29, 0.717) is 29.7 Å². The first-order valence-corrected chi connectivity index (χ1v) is 11.4. The summed E-state index contributed by atoms with van der Waals surface area (Å²) in [6, 6.07) is 15.9. The van der Waals surface area contributed by atoms with Gasteiger partial charge in [-0.15, -0.1) is 0 Å². The molecule has 0 saturated heterocycles. The average molecular weight is 484 g/mol. The van der Waals surface area contributed by atoms with Crippen molar-refractivity contribution in [1.29, 1.82) is 0 Å². The summed E-state index contributed by atoms with van der Waals surface area (Å²) in [5, 5.41) is 11.2. The molecule has 1 aliphatic heterocycles. The molecule has 9 heteroatoms. The van der Waals surface area contributed by atoms with Crippen LogP contribution in [-0.4, -0.2) is 27.3 Å². The second kappa shape index (κ2) is 8.84. The predicted octanol–water partition coefficient (Wildman–Crippen LogP) is 5.68. The Labute approximate surface area is 208 Å². The fourth-order valence-corrected chi connectivity index (χ4v) is 4.59. The number of nitro benzene ring substituents is 1. The van der Waals surface area contributed by atoms with Crippen molar-refractivity contribution < 1.29 is 14.4 Å². The number of nitrogens with zero attached hydrogens (tertiary/aromatic N) is 4. The number of nitro groups is 1. The molecule has 9 nitrogen and oxygen atoms in total. The zero-order valence-electron chi connectivity index (χ0n) is 20.4. The van der Waals surface area contributed by atoms with Gasteiger partial charge in [-0.05, 0) is 60.9 Å². The van der Waals surface area contributed by atoms with Crippen LogP contribution in [0, 0.1) is 17.0 Å². The van der Waals surface area contributed by atoms with Crippen LogP contribution in [0.1, 0.15) is 23.7 Å². The minimum atomic E-state index is -0.411. The van der Waals surface area contributed by atoms with Crippen LogP contribution in [0.5, 0.6) is 17.4 Å². The van der Waals surface area contributed by atoms with E-state index < -0.39 is 4.92 Å². The Bertz CT molecular complexity index is 1540. The number of fused-ring (bicyclic) bond motifs is 3. The molecule has 182 valence electrons. The first kappa shape index (κ1) is 23.1. The van der Waals surface area contributed by atoms with Gasteiger partial charge in [0.05, 0.1) is 24.3 Å². The number of pyridine rings is 1. The van der Waals surface area contributed by atoms with Gasteiger partial charge in [0.1, 0.15) is 5.82 Å². The van der Waals surface area contributed by atoms with E-state index in [2.05, 4.69) is 4.98 Å². The zero-order valence-corrected chi connectivity index (χ0v) is 20.4. The van der Waals surface area contributed by atoms with Crippen LogP contribution in [0.25, 0.3) is 22.4 Å². The number of nitrogens with two attached hydrogens (primary N) is 1. The summed E-state index contributed by atoms with van der Waals surface area (Å²) >= 11 is 0. The van der Waals surface area contributed by atoms with Crippen LogP contribution in [0.15, 0.2) is 59.6 Å². The molecule has 36 heavy (non-hydrogen) atoms. The SMILES string of the molecule is COc1cc2c(cc1Oc1cccc(C)n1)CN=C(C)c1c-2c(-c2ccc([N+](=O)[O-])cc2)n(C)c1N. The average Bonchev–Trinajstić information content (AvgIpc) is 3.04. The van der Waals surface area contributed by atoms with E-state index in [1.165, 1.54) is 12.1 Å². The van der Waals surface area contributed by atoms with Gasteiger partial charge in [0.2, 0.25) is 5.88 Å². The van der Waals surface area contributed by atoms with Gasteiger partial charge in [-0.3, -0.25) is 15.1 Å². The number of ether oxygens (including phenoxy) is 2. The van der Waals surface area contributed by atoms with Gasteiger partial charge in [-0.25, -0.2) is 4.98 Å². The van der Waals surface area contributed by atoms with Crippen LogP contribution >= 0.6 is 0 Å². The number of aromatic nitrogens is 2. The second-order valence-electron chi connectivity index (χ2n) is 8.63. The molecule has 5 rings (SSSR count). The predicted molar refractivity (Wildman–Crippen MR) is 139 cm³/mol.